The van der Waals surface area contributed by atoms with Crippen molar-refractivity contribution in [2.45, 2.75) is 33.8 Å². The van der Waals surface area contributed by atoms with Gasteiger partial charge in [0.1, 0.15) is 5.75 Å². The summed E-state index contributed by atoms with van der Waals surface area (Å²) in [6.07, 6.45) is -0.928. The van der Waals surface area contributed by atoms with Gasteiger partial charge in [0.15, 0.2) is 6.10 Å². The van der Waals surface area contributed by atoms with E-state index in [1.54, 1.807) is 31.2 Å². The van der Waals surface area contributed by atoms with E-state index in [-0.39, 0.29) is 0 Å². The molecule has 0 bridgehead atoms. The molecule has 0 saturated carbocycles. The van der Waals surface area contributed by atoms with Crippen molar-refractivity contribution >= 4 is 17.6 Å². The summed E-state index contributed by atoms with van der Waals surface area (Å²) in [5.74, 6) is -0.352. The number of anilines is 1. The Morgan fingerprint density at radius 1 is 1.12 bits per heavy atom. The predicted molar refractivity (Wildman–Crippen MR) is 97.0 cm³/mol. The highest BCUT2D eigenvalue weighted by Crippen LogP contribution is 2.24. The van der Waals surface area contributed by atoms with Crippen molar-refractivity contribution in [1.82, 2.24) is 0 Å². The van der Waals surface area contributed by atoms with E-state index in [0.29, 0.717) is 23.6 Å². The SMILES string of the molecule is CCOc1ccccc1NC(=O)C(C)OC(=O)c1ccc(C)cc1C. The summed E-state index contributed by atoms with van der Waals surface area (Å²) in [6.45, 7) is 7.69. The average molecular weight is 341 g/mol. The first-order chi connectivity index (χ1) is 11.9. The third kappa shape index (κ3) is 4.83. The summed E-state index contributed by atoms with van der Waals surface area (Å²) in [6, 6.07) is 12.6. The molecule has 1 atom stereocenters. The summed E-state index contributed by atoms with van der Waals surface area (Å²) in [5, 5.41) is 2.73. The van der Waals surface area contributed by atoms with Crippen LogP contribution in [0.3, 0.4) is 0 Å². The van der Waals surface area contributed by atoms with Crippen LogP contribution in [0.2, 0.25) is 0 Å². The summed E-state index contributed by atoms with van der Waals surface area (Å²) in [4.78, 5) is 24.6. The summed E-state index contributed by atoms with van der Waals surface area (Å²) in [5.41, 5.74) is 2.88. The van der Waals surface area contributed by atoms with Crippen LogP contribution in [-0.4, -0.2) is 24.6 Å². The Kier molecular flexibility index (Phi) is 6.17. The van der Waals surface area contributed by atoms with Crippen molar-refractivity contribution in [3.63, 3.8) is 0 Å². The number of para-hydroxylation sites is 2. The summed E-state index contributed by atoms with van der Waals surface area (Å²) >= 11 is 0. The van der Waals surface area contributed by atoms with Gasteiger partial charge in [-0.1, -0.05) is 29.8 Å². The van der Waals surface area contributed by atoms with Gasteiger partial charge in [-0.05, 0) is 51.5 Å². The number of hydrogen-bond acceptors (Lipinski definition) is 4. The van der Waals surface area contributed by atoms with Gasteiger partial charge in [0, 0.05) is 0 Å². The van der Waals surface area contributed by atoms with Crippen molar-refractivity contribution < 1.29 is 19.1 Å². The first kappa shape index (κ1) is 18.5. The number of nitrogens with one attached hydrogen (secondary N) is 1. The van der Waals surface area contributed by atoms with Gasteiger partial charge in [0.05, 0.1) is 17.9 Å². The molecule has 0 fully saturated rings. The van der Waals surface area contributed by atoms with Gasteiger partial charge in [-0.25, -0.2) is 4.79 Å². The molecule has 0 aliphatic heterocycles. The van der Waals surface area contributed by atoms with Crippen LogP contribution in [0.4, 0.5) is 5.69 Å². The van der Waals surface area contributed by atoms with Gasteiger partial charge in [-0.2, -0.15) is 0 Å². The maximum absolute atomic E-state index is 12.3. The monoisotopic (exact) mass is 341 g/mol. The van der Waals surface area contributed by atoms with Crippen LogP contribution in [-0.2, 0) is 9.53 Å². The minimum atomic E-state index is -0.928. The van der Waals surface area contributed by atoms with Gasteiger partial charge in [-0.15, -0.1) is 0 Å². The second kappa shape index (κ2) is 8.33. The molecule has 2 rings (SSSR count). The molecule has 1 N–H and O–H groups in total. The van der Waals surface area contributed by atoms with Crippen LogP contribution in [0.15, 0.2) is 42.5 Å². The predicted octanol–water partition coefficient (Wildman–Crippen LogP) is 3.89. The quantitative estimate of drug-likeness (QED) is 0.810. The molecule has 132 valence electrons. The van der Waals surface area contributed by atoms with Crippen LogP contribution in [0.5, 0.6) is 5.75 Å². The first-order valence-electron chi connectivity index (χ1n) is 8.23. The Bertz CT molecular complexity index is 770. The van der Waals surface area contributed by atoms with Gasteiger partial charge in [-0.3, -0.25) is 4.79 Å². The number of ether oxygens (including phenoxy) is 2. The molecule has 0 spiro atoms. The molecule has 2 aromatic carbocycles. The topological polar surface area (TPSA) is 64.6 Å². The van der Waals surface area contributed by atoms with Crippen molar-refractivity contribution in [2.24, 2.45) is 0 Å². The van der Waals surface area contributed by atoms with Crippen molar-refractivity contribution in [2.75, 3.05) is 11.9 Å². The van der Waals surface area contributed by atoms with E-state index < -0.39 is 18.0 Å². The lowest BCUT2D eigenvalue weighted by Gasteiger charge is -2.16. The highest BCUT2D eigenvalue weighted by molar-refractivity contribution is 5.98. The zero-order valence-electron chi connectivity index (χ0n) is 15.0. The van der Waals surface area contributed by atoms with E-state index >= 15 is 0 Å². The second-order valence-corrected chi connectivity index (χ2v) is 5.78. The molecule has 0 saturated heterocycles. The van der Waals surface area contributed by atoms with Gasteiger partial charge >= 0.3 is 5.97 Å². The van der Waals surface area contributed by atoms with Crippen molar-refractivity contribution in [1.29, 1.82) is 0 Å². The highest BCUT2D eigenvalue weighted by Gasteiger charge is 2.21. The van der Waals surface area contributed by atoms with Crippen LogP contribution in [0.25, 0.3) is 0 Å². The van der Waals surface area contributed by atoms with E-state index in [2.05, 4.69) is 5.32 Å². The Hall–Kier alpha value is -2.82. The minimum absolute atomic E-state index is 0.412. The largest absolute Gasteiger partial charge is 0.492 e. The molecule has 5 heteroatoms. The third-order valence-electron chi connectivity index (χ3n) is 3.70. The number of rotatable bonds is 6. The maximum Gasteiger partial charge on any atom is 0.339 e. The molecular formula is C20H23NO4. The van der Waals surface area contributed by atoms with E-state index in [9.17, 15) is 9.59 Å². The zero-order valence-corrected chi connectivity index (χ0v) is 15.0. The number of esters is 1. The van der Waals surface area contributed by atoms with Crippen LogP contribution in [0.1, 0.15) is 35.3 Å². The average Bonchev–Trinajstić information content (AvgIpc) is 2.56. The number of hydrogen-bond donors (Lipinski definition) is 1. The van der Waals surface area contributed by atoms with Crippen LogP contribution in [0, 0.1) is 13.8 Å². The molecule has 0 radical (unpaired) electrons. The summed E-state index contributed by atoms with van der Waals surface area (Å²) < 4.78 is 10.8. The number of carbonyl (C=O) groups excluding carboxylic acids is 2. The van der Waals surface area contributed by atoms with E-state index in [1.807, 2.05) is 39.0 Å². The molecule has 5 nitrogen and oxygen atoms in total. The fourth-order valence-corrected chi connectivity index (χ4v) is 2.41. The minimum Gasteiger partial charge on any atom is -0.492 e. The molecule has 2 aromatic rings. The van der Waals surface area contributed by atoms with E-state index in [4.69, 9.17) is 9.47 Å². The molecule has 0 aliphatic carbocycles. The molecule has 0 heterocycles. The smallest absolute Gasteiger partial charge is 0.339 e. The fourth-order valence-electron chi connectivity index (χ4n) is 2.41. The molecule has 0 aliphatic rings. The van der Waals surface area contributed by atoms with Gasteiger partial charge in [0.2, 0.25) is 0 Å². The third-order valence-corrected chi connectivity index (χ3v) is 3.70. The van der Waals surface area contributed by atoms with Crippen molar-refractivity contribution in [3.8, 4) is 5.75 Å². The van der Waals surface area contributed by atoms with Crippen LogP contribution >= 0.6 is 0 Å². The lowest BCUT2D eigenvalue weighted by Crippen LogP contribution is -2.30. The zero-order chi connectivity index (χ0) is 18.4. The number of aryl methyl sites for hydroxylation is 2. The van der Waals surface area contributed by atoms with Crippen LogP contribution < -0.4 is 10.1 Å². The number of carbonyl (C=O) groups is 2. The molecule has 1 unspecified atom stereocenters. The lowest BCUT2D eigenvalue weighted by molar-refractivity contribution is -0.123. The number of benzene rings is 2. The molecule has 1 amide bonds. The van der Waals surface area contributed by atoms with E-state index in [0.717, 1.165) is 11.1 Å². The Morgan fingerprint density at radius 2 is 1.84 bits per heavy atom. The maximum atomic E-state index is 12.3. The molecule has 0 aromatic heterocycles. The standard InChI is InChI=1S/C20H23NO4/c1-5-24-18-9-7-6-8-17(18)21-19(22)15(4)25-20(23)16-11-10-13(2)12-14(16)3/h6-12,15H,5H2,1-4H3,(H,21,22). The Morgan fingerprint density at radius 3 is 2.52 bits per heavy atom. The normalized spacial score (nSPS) is 11.5. The fraction of sp³-hybridized carbons (Fsp3) is 0.300. The number of amides is 1. The van der Waals surface area contributed by atoms with Gasteiger partial charge < -0.3 is 14.8 Å². The Labute approximate surface area is 148 Å². The Balaban J connectivity index is 2.04. The van der Waals surface area contributed by atoms with E-state index in [1.165, 1.54) is 0 Å². The molecular weight excluding hydrogens is 318 g/mol. The summed E-state index contributed by atoms with van der Waals surface area (Å²) in [7, 11) is 0. The first-order valence-corrected chi connectivity index (χ1v) is 8.23. The van der Waals surface area contributed by atoms with Gasteiger partial charge in [0.25, 0.3) is 5.91 Å². The lowest BCUT2D eigenvalue weighted by atomic mass is 10.1. The second-order valence-electron chi connectivity index (χ2n) is 5.78. The highest BCUT2D eigenvalue weighted by atomic mass is 16.5. The molecule has 25 heavy (non-hydrogen) atoms. The van der Waals surface area contributed by atoms with Crippen molar-refractivity contribution in [3.05, 3.63) is 59.2 Å².